The Hall–Kier alpha value is -1.62. The summed E-state index contributed by atoms with van der Waals surface area (Å²) in [5.74, 6) is 0.659. The maximum atomic E-state index is 10.00. The molecule has 4 nitrogen and oxygen atoms in total. The Labute approximate surface area is 123 Å². The Kier molecular flexibility index (Phi) is 5.35. The predicted octanol–water partition coefficient (Wildman–Crippen LogP) is 2.57. The van der Waals surface area contributed by atoms with Gasteiger partial charge < -0.3 is 15.2 Å². The monoisotopic (exact) mass is 292 g/mol. The Morgan fingerprint density at radius 2 is 2.05 bits per heavy atom. The third-order valence-electron chi connectivity index (χ3n) is 2.97. The number of aromatic nitrogens is 1. The summed E-state index contributed by atoms with van der Waals surface area (Å²) in [4.78, 5) is 3.92. The van der Waals surface area contributed by atoms with Crippen LogP contribution in [0.25, 0.3) is 0 Å². The Bertz CT molecular complexity index is 549. The Balaban J connectivity index is 1.85. The van der Waals surface area contributed by atoms with E-state index in [1.807, 2.05) is 18.2 Å². The molecule has 1 atom stereocenters. The van der Waals surface area contributed by atoms with Gasteiger partial charge in [-0.3, -0.25) is 4.98 Å². The van der Waals surface area contributed by atoms with Crippen LogP contribution in [0.4, 0.5) is 0 Å². The Morgan fingerprint density at radius 1 is 1.30 bits per heavy atom. The van der Waals surface area contributed by atoms with E-state index in [0.29, 0.717) is 23.9 Å². The molecule has 1 heterocycles. The van der Waals surface area contributed by atoms with Gasteiger partial charge in [-0.25, -0.2) is 0 Å². The number of nitrogens with one attached hydrogen (secondary N) is 1. The second kappa shape index (κ2) is 7.24. The number of aliphatic hydroxyl groups is 1. The van der Waals surface area contributed by atoms with E-state index in [-0.39, 0.29) is 0 Å². The number of methoxy groups -OCH3 is 1. The highest BCUT2D eigenvalue weighted by molar-refractivity contribution is 6.32. The summed E-state index contributed by atoms with van der Waals surface area (Å²) in [6.45, 7) is 1.10. The summed E-state index contributed by atoms with van der Waals surface area (Å²) < 4.78 is 5.10. The number of hydrogen-bond acceptors (Lipinski definition) is 4. The maximum absolute atomic E-state index is 10.00. The molecule has 0 saturated carbocycles. The molecule has 5 heteroatoms. The van der Waals surface area contributed by atoms with Crippen molar-refractivity contribution in [3.8, 4) is 5.75 Å². The van der Waals surface area contributed by atoms with Crippen LogP contribution in [-0.4, -0.2) is 23.7 Å². The van der Waals surface area contributed by atoms with Gasteiger partial charge in [-0.1, -0.05) is 17.7 Å². The van der Waals surface area contributed by atoms with Gasteiger partial charge in [0.1, 0.15) is 5.75 Å². The van der Waals surface area contributed by atoms with Crippen LogP contribution >= 0.6 is 11.6 Å². The van der Waals surface area contributed by atoms with E-state index in [4.69, 9.17) is 16.3 Å². The van der Waals surface area contributed by atoms with Crippen LogP contribution in [0.1, 0.15) is 17.2 Å². The lowest BCUT2D eigenvalue weighted by Gasteiger charge is -2.12. The lowest BCUT2D eigenvalue weighted by atomic mass is 10.1. The van der Waals surface area contributed by atoms with Gasteiger partial charge in [0.2, 0.25) is 0 Å². The minimum atomic E-state index is -0.549. The van der Waals surface area contributed by atoms with E-state index in [2.05, 4.69) is 10.3 Å². The van der Waals surface area contributed by atoms with E-state index in [1.54, 1.807) is 31.6 Å². The van der Waals surface area contributed by atoms with Gasteiger partial charge in [-0.2, -0.15) is 0 Å². The fourth-order valence-corrected chi connectivity index (χ4v) is 2.16. The molecule has 0 amide bonds. The average Bonchev–Trinajstić information content (AvgIpc) is 2.48. The predicted molar refractivity (Wildman–Crippen MR) is 78.9 cm³/mol. The fourth-order valence-electron chi connectivity index (χ4n) is 1.88. The summed E-state index contributed by atoms with van der Waals surface area (Å²) >= 11 is 6.06. The quantitative estimate of drug-likeness (QED) is 0.859. The summed E-state index contributed by atoms with van der Waals surface area (Å²) in [6, 6.07) is 9.23. The number of benzene rings is 1. The molecule has 0 aliphatic rings. The van der Waals surface area contributed by atoms with Crippen molar-refractivity contribution in [1.29, 1.82) is 0 Å². The zero-order valence-electron chi connectivity index (χ0n) is 11.2. The van der Waals surface area contributed by atoms with Crippen LogP contribution in [0.3, 0.4) is 0 Å². The summed E-state index contributed by atoms with van der Waals surface area (Å²) in [5, 5.41) is 13.8. The SMILES string of the molecule is COc1ccc(CNCC(O)c2ccncc2)cc1Cl. The molecule has 2 aromatic rings. The number of pyridine rings is 1. The lowest BCUT2D eigenvalue weighted by Crippen LogP contribution is -2.21. The molecule has 0 radical (unpaired) electrons. The van der Waals surface area contributed by atoms with Gasteiger partial charge in [0.15, 0.2) is 0 Å². The highest BCUT2D eigenvalue weighted by atomic mass is 35.5. The topological polar surface area (TPSA) is 54.4 Å². The van der Waals surface area contributed by atoms with Crippen molar-refractivity contribution in [2.45, 2.75) is 12.6 Å². The standard InChI is InChI=1S/C15H17ClN2O2/c1-20-15-3-2-11(8-13(15)16)9-18-10-14(19)12-4-6-17-7-5-12/h2-8,14,18-19H,9-10H2,1H3. The number of ether oxygens (including phenoxy) is 1. The van der Waals surface area contributed by atoms with E-state index in [9.17, 15) is 5.11 Å². The van der Waals surface area contributed by atoms with Gasteiger partial charge in [0.05, 0.1) is 18.2 Å². The highest BCUT2D eigenvalue weighted by Gasteiger charge is 2.07. The molecule has 0 spiro atoms. The molecular weight excluding hydrogens is 276 g/mol. The highest BCUT2D eigenvalue weighted by Crippen LogP contribution is 2.24. The average molecular weight is 293 g/mol. The fraction of sp³-hybridized carbons (Fsp3) is 0.267. The summed E-state index contributed by atoms with van der Waals surface area (Å²) in [5.41, 5.74) is 1.89. The van der Waals surface area contributed by atoms with E-state index >= 15 is 0 Å². The second-order valence-electron chi connectivity index (χ2n) is 4.40. The van der Waals surface area contributed by atoms with Crippen molar-refractivity contribution >= 4 is 11.6 Å². The molecular formula is C15H17ClN2O2. The van der Waals surface area contributed by atoms with Crippen molar-refractivity contribution in [1.82, 2.24) is 10.3 Å². The lowest BCUT2D eigenvalue weighted by molar-refractivity contribution is 0.174. The number of hydrogen-bond donors (Lipinski definition) is 2. The zero-order chi connectivity index (χ0) is 14.4. The minimum absolute atomic E-state index is 0.466. The maximum Gasteiger partial charge on any atom is 0.137 e. The smallest absolute Gasteiger partial charge is 0.137 e. The molecule has 1 aromatic carbocycles. The first kappa shape index (κ1) is 14.8. The first-order valence-corrected chi connectivity index (χ1v) is 6.69. The van der Waals surface area contributed by atoms with Gasteiger partial charge in [-0.15, -0.1) is 0 Å². The van der Waals surface area contributed by atoms with Crippen LogP contribution in [-0.2, 0) is 6.54 Å². The zero-order valence-corrected chi connectivity index (χ0v) is 12.0. The van der Waals surface area contributed by atoms with E-state index < -0.39 is 6.10 Å². The molecule has 20 heavy (non-hydrogen) atoms. The van der Waals surface area contributed by atoms with Gasteiger partial charge in [0.25, 0.3) is 0 Å². The molecule has 2 rings (SSSR count). The largest absolute Gasteiger partial charge is 0.495 e. The molecule has 1 unspecified atom stereocenters. The molecule has 0 bridgehead atoms. The van der Waals surface area contributed by atoms with E-state index in [0.717, 1.165) is 11.1 Å². The molecule has 0 fully saturated rings. The van der Waals surface area contributed by atoms with Crippen molar-refractivity contribution in [2.75, 3.05) is 13.7 Å². The molecule has 2 N–H and O–H groups in total. The third-order valence-corrected chi connectivity index (χ3v) is 3.27. The molecule has 1 aromatic heterocycles. The van der Waals surface area contributed by atoms with Gasteiger partial charge in [0, 0.05) is 25.5 Å². The second-order valence-corrected chi connectivity index (χ2v) is 4.80. The Morgan fingerprint density at radius 3 is 2.70 bits per heavy atom. The third kappa shape index (κ3) is 3.93. The molecule has 0 aliphatic carbocycles. The van der Waals surface area contributed by atoms with Crippen molar-refractivity contribution in [3.05, 3.63) is 58.9 Å². The van der Waals surface area contributed by atoms with Crippen LogP contribution in [0.15, 0.2) is 42.7 Å². The van der Waals surface area contributed by atoms with Gasteiger partial charge >= 0.3 is 0 Å². The van der Waals surface area contributed by atoms with Crippen LogP contribution in [0.2, 0.25) is 5.02 Å². The number of rotatable bonds is 6. The van der Waals surface area contributed by atoms with Crippen LogP contribution < -0.4 is 10.1 Å². The van der Waals surface area contributed by atoms with Crippen molar-refractivity contribution in [2.24, 2.45) is 0 Å². The molecule has 0 aliphatic heterocycles. The number of halogens is 1. The summed E-state index contributed by atoms with van der Waals surface area (Å²) in [7, 11) is 1.59. The number of nitrogens with zero attached hydrogens (tertiary/aromatic N) is 1. The normalized spacial score (nSPS) is 12.2. The minimum Gasteiger partial charge on any atom is -0.495 e. The van der Waals surface area contributed by atoms with Crippen molar-refractivity contribution in [3.63, 3.8) is 0 Å². The first-order chi connectivity index (χ1) is 9.70. The molecule has 0 saturated heterocycles. The summed E-state index contributed by atoms with van der Waals surface area (Å²) in [6.07, 6.45) is 2.79. The van der Waals surface area contributed by atoms with E-state index in [1.165, 1.54) is 0 Å². The first-order valence-electron chi connectivity index (χ1n) is 6.32. The van der Waals surface area contributed by atoms with Crippen LogP contribution in [0.5, 0.6) is 5.75 Å². The van der Waals surface area contributed by atoms with Crippen LogP contribution in [0, 0.1) is 0 Å². The molecule has 106 valence electrons. The van der Waals surface area contributed by atoms with Crippen molar-refractivity contribution < 1.29 is 9.84 Å². The number of aliphatic hydroxyl groups excluding tert-OH is 1. The van der Waals surface area contributed by atoms with Gasteiger partial charge in [-0.05, 0) is 35.4 Å².